The van der Waals surface area contributed by atoms with E-state index in [2.05, 4.69) is 16.0 Å². The molecule has 0 aliphatic carbocycles. The quantitative estimate of drug-likeness (QED) is 0.355. The van der Waals surface area contributed by atoms with Gasteiger partial charge in [0.25, 0.3) is 5.91 Å². The van der Waals surface area contributed by atoms with E-state index in [1.54, 1.807) is 49.5 Å². The SMILES string of the molecule is Cc1cc(OCCNC(=O)[C@@H]2CC(=O)N[C@@H](Cc3ccccc3)C(=O)N(C)CCOc3ccccc3C(=O)N2)ccc1Cl. The monoisotopic (exact) mass is 606 g/mol. The minimum atomic E-state index is -1.23. The molecule has 4 rings (SSSR count). The van der Waals surface area contributed by atoms with Gasteiger partial charge in [-0.2, -0.15) is 0 Å². The first kappa shape index (κ1) is 31.4. The summed E-state index contributed by atoms with van der Waals surface area (Å²) in [5.41, 5.74) is 1.92. The zero-order valence-electron chi connectivity index (χ0n) is 24.1. The van der Waals surface area contributed by atoms with Crippen LogP contribution in [0.1, 0.15) is 27.9 Å². The number of para-hydroxylation sites is 1. The number of halogens is 1. The van der Waals surface area contributed by atoms with Crippen LogP contribution in [0.15, 0.2) is 72.8 Å². The Labute approximate surface area is 255 Å². The number of hydrogen-bond donors (Lipinski definition) is 3. The number of ether oxygens (including phenoxy) is 2. The molecular weight excluding hydrogens is 572 g/mol. The van der Waals surface area contributed by atoms with E-state index in [4.69, 9.17) is 21.1 Å². The largest absolute Gasteiger partial charge is 0.492 e. The predicted molar refractivity (Wildman–Crippen MR) is 162 cm³/mol. The highest BCUT2D eigenvalue weighted by Crippen LogP contribution is 2.21. The maximum Gasteiger partial charge on any atom is 0.255 e. The summed E-state index contributed by atoms with van der Waals surface area (Å²) in [5, 5.41) is 8.79. The van der Waals surface area contributed by atoms with Crippen molar-refractivity contribution in [1.29, 1.82) is 0 Å². The molecule has 10 nitrogen and oxygen atoms in total. The second kappa shape index (κ2) is 15.1. The maximum absolute atomic E-state index is 13.4. The van der Waals surface area contributed by atoms with Gasteiger partial charge in [0.05, 0.1) is 25.1 Å². The number of rotatable bonds is 7. The lowest BCUT2D eigenvalue weighted by molar-refractivity contribution is -0.136. The molecule has 0 fully saturated rings. The van der Waals surface area contributed by atoms with E-state index in [9.17, 15) is 19.2 Å². The molecule has 0 bridgehead atoms. The minimum absolute atomic E-state index is 0.119. The molecule has 3 N–H and O–H groups in total. The molecule has 43 heavy (non-hydrogen) atoms. The highest BCUT2D eigenvalue weighted by molar-refractivity contribution is 6.31. The van der Waals surface area contributed by atoms with Crippen LogP contribution in [0.2, 0.25) is 5.02 Å². The number of aryl methyl sites for hydroxylation is 1. The van der Waals surface area contributed by atoms with E-state index in [-0.39, 0.29) is 50.6 Å². The van der Waals surface area contributed by atoms with E-state index in [1.165, 1.54) is 4.90 Å². The van der Waals surface area contributed by atoms with Gasteiger partial charge in [-0.3, -0.25) is 19.2 Å². The number of carbonyl (C=O) groups excluding carboxylic acids is 4. The van der Waals surface area contributed by atoms with Crippen LogP contribution in [0.4, 0.5) is 0 Å². The fraction of sp³-hybridized carbons (Fsp3) is 0.312. The maximum atomic E-state index is 13.4. The van der Waals surface area contributed by atoms with Gasteiger partial charge >= 0.3 is 0 Å². The van der Waals surface area contributed by atoms with E-state index in [0.717, 1.165) is 11.1 Å². The lowest BCUT2D eigenvalue weighted by Gasteiger charge is -2.26. The lowest BCUT2D eigenvalue weighted by atomic mass is 10.0. The number of hydrogen-bond acceptors (Lipinski definition) is 6. The Bertz CT molecular complexity index is 1450. The average molecular weight is 607 g/mol. The molecule has 4 amide bonds. The van der Waals surface area contributed by atoms with E-state index >= 15 is 0 Å². The third-order valence-corrected chi connectivity index (χ3v) is 7.34. The molecule has 0 saturated heterocycles. The van der Waals surface area contributed by atoms with Gasteiger partial charge in [0.1, 0.15) is 36.8 Å². The molecule has 0 aromatic heterocycles. The van der Waals surface area contributed by atoms with Gasteiger partial charge in [0.2, 0.25) is 17.7 Å². The third kappa shape index (κ3) is 8.96. The van der Waals surface area contributed by atoms with Gasteiger partial charge in [0.15, 0.2) is 0 Å². The predicted octanol–water partition coefficient (Wildman–Crippen LogP) is 2.91. The summed E-state index contributed by atoms with van der Waals surface area (Å²) >= 11 is 6.06. The molecule has 0 saturated carbocycles. The minimum Gasteiger partial charge on any atom is -0.492 e. The number of fused-ring (bicyclic) bond motifs is 1. The number of benzene rings is 3. The Morgan fingerprint density at radius 2 is 1.79 bits per heavy atom. The molecule has 1 heterocycles. The molecule has 2 atom stereocenters. The van der Waals surface area contributed by atoms with Crippen molar-refractivity contribution in [3.63, 3.8) is 0 Å². The summed E-state index contributed by atoms with van der Waals surface area (Å²) in [5.74, 6) is -1.11. The van der Waals surface area contributed by atoms with Crippen molar-refractivity contribution in [1.82, 2.24) is 20.9 Å². The zero-order chi connectivity index (χ0) is 30.8. The van der Waals surface area contributed by atoms with Crippen molar-refractivity contribution in [2.75, 3.05) is 33.4 Å². The van der Waals surface area contributed by atoms with Crippen molar-refractivity contribution in [2.45, 2.75) is 31.8 Å². The van der Waals surface area contributed by atoms with Gasteiger partial charge in [-0.05, 0) is 48.4 Å². The smallest absolute Gasteiger partial charge is 0.255 e. The summed E-state index contributed by atoms with van der Waals surface area (Å²) in [6.07, 6.45) is -0.135. The van der Waals surface area contributed by atoms with Crippen LogP contribution >= 0.6 is 11.6 Å². The highest BCUT2D eigenvalue weighted by atomic mass is 35.5. The first-order valence-corrected chi connectivity index (χ1v) is 14.4. The second-order valence-corrected chi connectivity index (χ2v) is 10.6. The number of nitrogens with zero attached hydrogens (tertiary/aromatic N) is 1. The number of nitrogens with one attached hydrogen (secondary N) is 3. The average Bonchev–Trinajstić information content (AvgIpc) is 3.00. The van der Waals surface area contributed by atoms with Crippen LogP contribution in [0.5, 0.6) is 11.5 Å². The summed E-state index contributed by atoms with van der Waals surface area (Å²) in [6.45, 7) is 2.48. The standard InChI is InChI=1S/C32H35ClN4O6/c1-21-18-23(12-13-25(21)33)42-16-14-34-31(40)26-20-29(38)35-27(19-22-8-4-3-5-9-22)32(41)37(2)15-17-43-28-11-7-6-10-24(28)30(39)36-26/h3-13,18,26-27H,14-17,19-20H2,1-2H3,(H,34,40)(H,35,38)(H,36,39)/t26-,27-/m0/s1. The Kier molecular flexibility index (Phi) is 11.0. The molecule has 0 radical (unpaired) electrons. The van der Waals surface area contributed by atoms with Crippen LogP contribution < -0.4 is 25.4 Å². The van der Waals surface area contributed by atoms with Crippen molar-refractivity contribution < 1.29 is 28.7 Å². The summed E-state index contributed by atoms with van der Waals surface area (Å²) < 4.78 is 11.6. The van der Waals surface area contributed by atoms with Gasteiger partial charge in [0, 0.05) is 18.5 Å². The van der Waals surface area contributed by atoms with E-state index < -0.39 is 29.8 Å². The van der Waals surface area contributed by atoms with Gasteiger partial charge in [-0.25, -0.2) is 0 Å². The van der Waals surface area contributed by atoms with Gasteiger partial charge in [-0.1, -0.05) is 54.1 Å². The molecular formula is C32H35ClN4O6. The zero-order valence-corrected chi connectivity index (χ0v) is 24.9. The first-order valence-electron chi connectivity index (χ1n) is 14.0. The van der Waals surface area contributed by atoms with Gasteiger partial charge in [-0.15, -0.1) is 0 Å². The number of likely N-dealkylation sites (N-methyl/N-ethyl adjacent to an activating group) is 1. The van der Waals surface area contributed by atoms with Crippen molar-refractivity contribution in [3.8, 4) is 11.5 Å². The molecule has 1 aliphatic rings. The highest BCUT2D eigenvalue weighted by Gasteiger charge is 2.30. The van der Waals surface area contributed by atoms with Crippen LogP contribution in [-0.2, 0) is 20.8 Å². The van der Waals surface area contributed by atoms with Gasteiger partial charge < -0.3 is 30.3 Å². The summed E-state index contributed by atoms with van der Waals surface area (Å²) in [4.78, 5) is 54.7. The van der Waals surface area contributed by atoms with Crippen molar-refractivity contribution >= 4 is 35.2 Å². The Morgan fingerprint density at radius 3 is 2.56 bits per heavy atom. The van der Waals surface area contributed by atoms with Crippen molar-refractivity contribution in [2.24, 2.45) is 0 Å². The van der Waals surface area contributed by atoms with Crippen LogP contribution in [-0.4, -0.2) is 74.0 Å². The van der Waals surface area contributed by atoms with Crippen LogP contribution in [0.3, 0.4) is 0 Å². The van der Waals surface area contributed by atoms with Crippen LogP contribution in [0, 0.1) is 6.92 Å². The van der Waals surface area contributed by atoms with E-state index in [1.807, 2.05) is 37.3 Å². The molecule has 3 aromatic carbocycles. The fourth-order valence-electron chi connectivity index (χ4n) is 4.56. The third-order valence-electron chi connectivity index (χ3n) is 6.92. The lowest BCUT2D eigenvalue weighted by Crippen LogP contribution is -2.53. The molecule has 0 unspecified atom stereocenters. The normalized spacial score (nSPS) is 17.9. The van der Waals surface area contributed by atoms with E-state index in [0.29, 0.717) is 16.5 Å². The molecule has 0 spiro atoms. The fourth-order valence-corrected chi connectivity index (χ4v) is 4.67. The summed E-state index contributed by atoms with van der Waals surface area (Å²) in [7, 11) is 1.63. The van der Waals surface area contributed by atoms with Crippen LogP contribution in [0.25, 0.3) is 0 Å². The Morgan fingerprint density at radius 1 is 1.05 bits per heavy atom. The molecule has 226 valence electrons. The number of carbonyl (C=O) groups is 4. The van der Waals surface area contributed by atoms with Crippen molar-refractivity contribution in [3.05, 3.63) is 94.5 Å². The molecule has 1 aliphatic heterocycles. The number of amides is 4. The second-order valence-electron chi connectivity index (χ2n) is 10.2. The first-order chi connectivity index (χ1) is 20.7. The topological polar surface area (TPSA) is 126 Å². The Balaban J connectivity index is 1.51. The summed E-state index contributed by atoms with van der Waals surface area (Å²) in [6, 6.07) is 19.0. The molecule has 3 aromatic rings. The Hall–Kier alpha value is -4.57. The molecule has 11 heteroatoms.